The van der Waals surface area contributed by atoms with Crippen molar-refractivity contribution in [3.63, 3.8) is 0 Å². The van der Waals surface area contributed by atoms with Gasteiger partial charge in [-0.05, 0) is 76.8 Å². The number of aromatic nitrogens is 2. The van der Waals surface area contributed by atoms with Crippen molar-refractivity contribution in [2.24, 2.45) is 0 Å². The molecule has 7 heteroatoms. The number of hydrogen-bond acceptors (Lipinski definition) is 5. The second-order valence-electron chi connectivity index (χ2n) is 7.61. The zero-order valence-corrected chi connectivity index (χ0v) is 20.6. The molecule has 0 saturated heterocycles. The number of benzene rings is 3. The van der Waals surface area contributed by atoms with E-state index in [0.29, 0.717) is 34.2 Å². The van der Waals surface area contributed by atoms with Crippen molar-refractivity contribution >= 4 is 49.3 Å². The molecule has 0 aliphatic heterocycles. The van der Waals surface area contributed by atoms with E-state index in [1.165, 1.54) is 16.9 Å². The molecule has 0 unspecified atom stereocenters. The topological polar surface area (TPSA) is 52.8 Å². The first-order valence-corrected chi connectivity index (χ1v) is 12.2. The minimum Gasteiger partial charge on any atom is -0.490 e. The Labute approximate surface area is 203 Å². The predicted octanol–water partition coefficient (Wildman–Crippen LogP) is 5.51. The lowest BCUT2D eigenvalue weighted by molar-refractivity contribution is 0.267. The Morgan fingerprint density at radius 3 is 2.70 bits per heavy atom. The van der Waals surface area contributed by atoms with Gasteiger partial charge in [-0.25, -0.2) is 9.38 Å². The van der Waals surface area contributed by atoms with E-state index in [1.54, 1.807) is 4.40 Å². The quantitative estimate of drug-likeness (QED) is 0.296. The molecule has 2 aromatic heterocycles. The zero-order valence-electron chi connectivity index (χ0n) is 18.2. The minimum absolute atomic E-state index is 0.0716. The summed E-state index contributed by atoms with van der Waals surface area (Å²) in [6, 6.07) is 19.7. The fourth-order valence-corrected chi connectivity index (χ4v) is 5.32. The zero-order chi connectivity index (χ0) is 22.9. The number of ether oxygens (including phenoxy) is 2. The molecular formula is C26H21BrN2O3S. The highest BCUT2D eigenvalue weighted by Gasteiger charge is 2.14. The lowest BCUT2D eigenvalue weighted by atomic mass is 10.1. The Kier molecular flexibility index (Phi) is 5.91. The van der Waals surface area contributed by atoms with E-state index < -0.39 is 0 Å². The van der Waals surface area contributed by atoms with Crippen LogP contribution in [0.2, 0.25) is 0 Å². The number of nitrogens with zero attached hydrogens (tertiary/aromatic N) is 2. The third-order valence-electron chi connectivity index (χ3n) is 5.41. The van der Waals surface area contributed by atoms with E-state index in [2.05, 4.69) is 40.0 Å². The molecule has 0 radical (unpaired) electrons. The summed E-state index contributed by atoms with van der Waals surface area (Å²) in [4.78, 5) is 18.4. The minimum atomic E-state index is -0.0716. The van der Waals surface area contributed by atoms with Gasteiger partial charge >= 0.3 is 0 Å². The van der Waals surface area contributed by atoms with Crippen molar-refractivity contribution in [1.29, 1.82) is 0 Å². The summed E-state index contributed by atoms with van der Waals surface area (Å²) in [5.74, 6) is 1.28. The van der Waals surface area contributed by atoms with Gasteiger partial charge in [-0.1, -0.05) is 47.7 Å². The first-order valence-electron chi connectivity index (χ1n) is 10.6. The van der Waals surface area contributed by atoms with E-state index in [0.717, 1.165) is 26.6 Å². The Morgan fingerprint density at radius 2 is 1.88 bits per heavy atom. The van der Waals surface area contributed by atoms with Gasteiger partial charge in [0.05, 0.1) is 26.6 Å². The standard InChI is InChI=1S/C26H21BrN2O3S/c1-3-31-22-13-17(12-19(27)24(22)32-15-18-9-5-4-8-16(18)2)14-23-25(30)29-21-11-7-6-10-20(21)28-26(29)33-23/h4-14H,3,15H2,1-2H3/b23-14-. The molecular weight excluding hydrogens is 500 g/mol. The maximum atomic E-state index is 13.1. The highest BCUT2D eigenvalue weighted by atomic mass is 79.9. The van der Waals surface area contributed by atoms with Crippen molar-refractivity contribution in [1.82, 2.24) is 9.38 Å². The number of para-hydroxylation sites is 2. The van der Waals surface area contributed by atoms with Crippen molar-refractivity contribution in [2.75, 3.05) is 6.61 Å². The van der Waals surface area contributed by atoms with Crippen LogP contribution in [0.4, 0.5) is 0 Å². The van der Waals surface area contributed by atoms with Crippen molar-refractivity contribution in [3.8, 4) is 11.5 Å². The smallest absolute Gasteiger partial charge is 0.274 e. The number of hydrogen-bond donors (Lipinski definition) is 0. The number of rotatable bonds is 6. The van der Waals surface area contributed by atoms with Crippen LogP contribution in [-0.2, 0) is 6.61 Å². The molecule has 0 amide bonds. The molecule has 5 aromatic rings. The van der Waals surface area contributed by atoms with Crippen LogP contribution >= 0.6 is 27.3 Å². The van der Waals surface area contributed by atoms with Crippen molar-refractivity contribution in [3.05, 3.63) is 96.7 Å². The molecule has 0 aliphatic rings. The van der Waals surface area contributed by atoms with Gasteiger partial charge < -0.3 is 9.47 Å². The van der Waals surface area contributed by atoms with E-state index >= 15 is 0 Å². The van der Waals surface area contributed by atoms with Crippen LogP contribution < -0.4 is 19.6 Å². The monoisotopic (exact) mass is 520 g/mol. The van der Waals surface area contributed by atoms with Gasteiger partial charge in [0.1, 0.15) is 6.61 Å². The maximum absolute atomic E-state index is 13.1. The average molecular weight is 521 g/mol. The second kappa shape index (κ2) is 9.00. The Morgan fingerprint density at radius 1 is 1.09 bits per heavy atom. The summed E-state index contributed by atoms with van der Waals surface area (Å²) in [5.41, 5.74) is 4.72. The highest BCUT2D eigenvalue weighted by Crippen LogP contribution is 2.38. The van der Waals surface area contributed by atoms with E-state index in [1.807, 2.05) is 61.5 Å². The predicted molar refractivity (Wildman–Crippen MR) is 136 cm³/mol. The number of aryl methyl sites for hydroxylation is 1. The summed E-state index contributed by atoms with van der Waals surface area (Å²) in [6.45, 7) is 4.94. The fraction of sp³-hybridized carbons (Fsp3) is 0.154. The van der Waals surface area contributed by atoms with E-state index in [-0.39, 0.29) is 5.56 Å². The Hall–Kier alpha value is -3.16. The molecule has 0 atom stereocenters. The molecule has 0 bridgehead atoms. The molecule has 0 saturated carbocycles. The number of halogens is 1. The van der Waals surface area contributed by atoms with E-state index in [4.69, 9.17) is 9.47 Å². The summed E-state index contributed by atoms with van der Waals surface area (Å²) >= 11 is 5.01. The van der Waals surface area contributed by atoms with Gasteiger partial charge in [-0.15, -0.1) is 0 Å². The van der Waals surface area contributed by atoms with Crippen LogP contribution in [0.3, 0.4) is 0 Å². The number of imidazole rings is 1. The van der Waals surface area contributed by atoms with Gasteiger partial charge in [0.25, 0.3) is 5.56 Å². The van der Waals surface area contributed by atoms with E-state index in [9.17, 15) is 4.79 Å². The summed E-state index contributed by atoms with van der Waals surface area (Å²) in [6.07, 6.45) is 1.87. The Balaban J connectivity index is 1.54. The van der Waals surface area contributed by atoms with Crippen LogP contribution in [-0.4, -0.2) is 16.0 Å². The van der Waals surface area contributed by atoms with Gasteiger partial charge in [0.15, 0.2) is 16.5 Å². The van der Waals surface area contributed by atoms with Crippen molar-refractivity contribution in [2.45, 2.75) is 20.5 Å². The number of fused-ring (bicyclic) bond motifs is 3. The molecule has 5 nitrogen and oxygen atoms in total. The molecule has 5 rings (SSSR count). The molecule has 33 heavy (non-hydrogen) atoms. The van der Waals surface area contributed by atoms with Crippen molar-refractivity contribution < 1.29 is 9.47 Å². The first kappa shape index (κ1) is 21.7. The van der Waals surface area contributed by atoms with Crippen LogP contribution in [0.25, 0.3) is 22.1 Å². The summed E-state index contributed by atoms with van der Waals surface area (Å²) in [5, 5.41) is 0. The van der Waals surface area contributed by atoms with Crippen LogP contribution in [0.5, 0.6) is 11.5 Å². The number of thiazole rings is 1. The van der Waals surface area contributed by atoms with Crippen LogP contribution in [0.15, 0.2) is 69.9 Å². The van der Waals surface area contributed by atoms with Gasteiger partial charge in [0, 0.05) is 0 Å². The average Bonchev–Trinajstić information content (AvgIpc) is 3.30. The van der Waals surface area contributed by atoms with Crippen LogP contribution in [0, 0.1) is 6.92 Å². The lowest BCUT2D eigenvalue weighted by Crippen LogP contribution is -2.22. The maximum Gasteiger partial charge on any atom is 0.274 e. The lowest BCUT2D eigenvalue weighted by Gasteiger charge is -2.15. The molecule has 0 aliphatic carbocycles. The third kappa shape index (κ3) is 4.14. The highest BCUT2D eigenvalue weighted by molar-refractivity contribution is 9.10. The second-order valence-corrected chi connectivity index (χ2v) is 9.48. The molecule has 3 aromatic carbocycles. The largest absolute Gasteiger partial charge is 0.490 e. The van der Waals surface area contributed by atoms with Gasteiger partial charge in [0.2, 0.25) is 0 Å². The molecule has 2 heterocycles. The van der Waals surface area contributed by atoms with Gasteiger partial charge in [-0.2, -0.15) is 0 Å². The normalized spacial score (nSPS) is 12.0. The molecule has 0 N–H and O–H groups in total. The third-order valence-corrected chi connectivity index (χ3v) is 6.97. The Bertz CT molecular complexity index is 1590. The van der Waals surface area contributed by atoms with Gasteiger partial charge in [-0.3, -0.25) is 4.79 Å². The first-order chi connectivity index (χ1) is 16.0. The molecule has 0 spiro atoms. The summed E-state index contributed by atoms with van der Waals surface area (Å²) in [7, 11) is 0. The van der Waals surface area contributed by atoms with Crippen LogP contribution in [0.1, 0.15) is 23.6 Å². The SMILES string of the molecule is CCOc1cc(/C=c2\sc3nc4ccccc4n3c2=O)cc(Br)c1OCc1ccccc1C. The summed E-state index contributed by atoms with van der Waals surface area (Å²) < 4.78 is 15.1. The molecule has 0 fully saturated rings. The fourth-order valence-electron chi connectivity index (χ4n) is 3.76. The molecule has 166 valence electrons.